The molecular formula is C23H23BrN2O3S. The second-order valence-electron chi connectivity index (χ2n) is 7.20. The summed E-state index contributed by atoms with van der Waals surface area (Å²) in [6.45, 7) is 7.94. The van der Waals surface area contributed by atoms with Crippen molar-refractivity contribution in [2.75, 3.05) is 4.90 Å². The van der Waals surface area contributed by atoms with E-state index in [0.29, 0.717) is 17.0 Å². The zero-order chi connectivity index (χ0) is 22.0. The summed E-state index contributed by atoms with van der Waals surface area (Å²) in [5.74, 6) is -0.250. The number of hydrogen-bond donors (Lipinski definition) is 1. The molecule has 2 aromatic rings. The maximum Gasteiger partial charge on any atom is 0.270 e. The molecule has 2 amide bonds. The largest absolute Gasteiger partial charge is 0.490 e. The third-order valence-corrected chi connectivity index (χ3v) is 5.99. The summed E-state index contributed by atoms with van der Waals surface area (Å²) in [5, 5.41) is 2.71. The summed E-state index contributed by atoms with van der Waals surface area (Å²) in [6.07, 6.45) is 2.54. The van der Waals surface area contributed by atoms with Crippen LogP contribution in [0.3, 0.4) is 0 Å². The van der Waals surface area contributed by atoms with Crippen LogP contribution in [0.15, 0.2) is 46.4 Å². The average molecular weight is 487 g/mol. The Bertz CT molecular complexity index is 1060. The number of carbonyl (C=O) groups excluding carboxylic acids is 2. The van der Waals surface area contributed by atoms with Crippen LogP contribution in [0.2, 0.25) is 0 Å². The molecule has 1 aliphatic rings. The molecule has 0 aromatic heterocycles. The van der Waals surface area contributed by atoms with Crippen LogP contribution in [-0.2, 0) is 9.59 Å². The molecule has 30 heavy (non-hydrogen) atoms. The summed E-state index contributed by atoms with van der Waals surface area (Å²) in [7, 11) is 0. The molecule has 0 saturated carbocycles. The van der Waals surface area contributed by atoms with Gasteiger partial charge in [0.2, 0.25) is 0 Å². The van der Waals surface area contributed by atoms with E-state index in [1.165, 1.54) is 4.90 Å². The number of nitrogens with one attached hydrogen (secondary N) is 1. The highest BCUT2D eigenvalue weighted by Crippen LogP contribution is 2.30. The molecule has 1 saturated heterocycles. The summed E-state index contributed by atoms with van der Waals surface area (Å²) in [4.78, 5) is 27.1. The zero-order valence-electron chi connectivity index (χ0n) is 17.3. The second-order valence-corrected chi connectivity index (χ2v) is 8.44. The minimum atomic E-state index is -0.511. The number of rotatable bonds is 5. The number of nitrogens with zero attached hydrogens (tertiary/aromatic N) is 1. The number of benzene rings is 2. The highest BCUT2D eigenvalue weighted by molar-refractivity contribution is 9.10. The lowest BCUT2D eigenvalue weighted by Gasteiger charge is -2.30. The van der Waals surface area contributed by atoms with Gasteiger partial charge in [-0.3, -0.25) is 19.8 Å². The Kier molecular flexibility index (Phi) is 6.73. The van der Waals surface area contributed by atoms with Crippen molar-refractivity contribution in [2.45, 2.75) is 40.2 Å². The van der Waals surface area contributed by atoms with E-state index < -0.39 is 11.8 Å². The highest BCUT2D eigenvalue weighted by Gasteiger charge is 2.35. The third-order valence-electron chi connectivity index (χ3n) is 5.09. The van der Waals surface area contributed by atoms with Crippen LogP contribution in [0.25, 0.3) is 6.08 Å². The predicted molar refractivity (Wildman–Crippen MR) is 127 cm³/mol. The molecule has 2 aromatic carbocycles. The molecule has 7 heteroatoms. The number of carbonyl (C=O) groups is 2. The maximum atomic E-state index is 13.2. The molecule has 1 atom stereocenters. The van der Waals surface area contributed by atoms with E-state index in [1.807, 2.05) is 57.2 Å². The maximum absolute atomic E-state index is 13.2. The third kappa shape index (κ3) is 4.47. The van der Waals surface area contributed by atoms with Gasteiger partial charge in [-0.25, -0.2) is 0 Å². The van der Waals surface area contributed by atoms with Crippen molar-refractivity contribution in [3.05, 3.63) is 63.1 Å². The average Bonchev–Trinajstić information content (AvgIpc) is 2.70. The van der Waals surface area contributed by atoms with Crippen molar-refractivity contribution in [2.24, 2.45) is 0 Å². The zero-order valence-corrected chi connectivity index (χ0v) is 19.7. The molecular weight excluding hydrogens is 464 g/mol. The van der Waals surface area contributed by atoms with Gasteiger partial charge in [0.25, 0.3) is 11.8 Å². The van der Waals surface area contributed by atoms with Crippen LogP contribution in [-0.4, -0.2) is 23.0 Å². The first-order valence-corrected chi connectivity index (χ1v) is 10.9. The van der Waals surface area contributed by atoms with Gasteiger partial charge in [-0.2, -0.15) is 0 Å². The standard InChI is InChI=1S/C23H23BrN2O3S/c1-5-14(3)29-20-10-9-16(12-18(20)24)11-17-21(27)25-23(30)26(22(17)28)19-8-6-7-13(2)15(19)4/h6-12,14H,5H2,1-4H3,(H,25,27,30)/b17-11+/t14-/m0/s1. The summed E-state index contributed by atoms with van der Waals surface area (Å²) in [6, 6.07) is 11.1. The lowest BCUT2D eigenvalue weighted by molar-refractivity contribution is -0.122. The van der Waals surface area contributed by atoms with Gasteiger partial charge in [0.05, 0.1) is 16.3 Å². The molecule has 1 N–H and O–H groups in total. The molecule has 156 valence electrons. The first-order chi connectivity index (χ1) is 14.2. The minimum absolute atomic E-state index is 0.0204. The molecule has 1 aliphatic heterocycles. The number of amides is 2. The molecule has 0 spiro atoms. The summed E-state index contributed by atoms with van der Waals surface area (Å²) < 4.78 is 6.61. The van der Waals surface area contributed by atoms with Crippen molar-refractivity contribution < 1.29 is 14.3 Å². The fourth-order valence-corrected chi connectivity index (χ4v) is 3.79. The highest BCUT2D eigenvalue weighted by atomic mass is 79.9. The second kappa shape index (κ2) is 9.10. The van der Waals surface area contributed by atoms with Gasteiger partial charge in [0.15, 0.2) is 5.11 Å². The number of thiocarbonyl (C=S) groups is 1. The molecule has 0 unspecified atom stereocenters. The molecule has 0 bridgehead atoms. The van der Waals surface area contributed by atoms with Gasteiger partial charge in [-0.05, 0) is 96.3 Å². The van der Waals surface area contributed by atoms with E-state index in [-0.39, 0.29) is 16.8 Å². The van der Waals surface area contributed by atoms with E-state index in [9.17, 15) is 9.59 Å². The number of halogens is 1. The lowest BCUT2D eigenvalue weighted by atomic mass is 10.0. The van der Waals surface area contributed by atoms with Crippen LogP contribution in [0.1, 0.15) is 37.0 Å². The van der Waals surface area contributed by atoms with Crippen LogP contribution >= 0.6 is 28.1 Å². The van der Waals surface area contributed by atoms with Gasteiger partial charge in [0.1, 0.15) is 11.3 Å². The Hall–Kier alpha value is -2.51. The summed E-state index contributed by atoms with van der Waals surface area (Å²) in [5.41, 5.74) is 3.34. The van der Waals surface area contributed by atoms with Crippen molar-refractivity contribution >= 4 is 56.8 Å². The Labute approximate surface area is 190 Å². The SMILES string of the molecule is CC[C@H](C)Oc1ccc(/C=C2\C(=O)NC(=S)N(c3cccc(C)c3C)C2=O)cc1Br. The van der Waals surface area contributed by atoms with Crippen molar-refractivity contribution in [3.8, 4) is 5.75 Å². The van der Waals surface area contributed by atoms with E-state index >= 15 is 0 Å². The first kappa shape index (κ1) is 22.2. The van der Waals surface area contributed by atoms with E-state index in [1.54, 1.807) is 6.08 Å². The van der Waals surface area contributed by atoms with Gasteiger partial charge in [-0.15, -0.1) is 0 Å². The number of aryl methyl sites for hydroxylation is 1. The van der Waals surface area contributed by atoms with Crippen molar-refractivity contribution in [1.29, 1.82) is 0 Å². The quantitative estimate of drug-likeness (QED) is 0.363. The van der Waals surface area contributed by atoms with Gasteiger partial charge >= 0.3 is 0 Å². The van der Waals surface area contributed by atoms with Crippen LogP contribution < -0.4 is 15.0 Å². The fourth-order valence-electron chi connectivity index (χ4n) is 3.02. The number of ether oxygens (including phenoxy) is 1. The van der Waals surface area contributed by atoms with E-state index in [4.69, 9.17) is 17.0 Å². The van der Waals surface area contributed by atoms with E-state index in [2.05, 4.69) is 28.2 Å². The summed E-state index contributed by atoms with van der Waals surface area (Å²) >= 11 is 8.80. The number of anilines is 1. The Morgan fingerprint density at radius 1 is 1.23 bits per heavy atom. The smallest absolute Gasteiger partial charge is 0.270 e. The minimum Gasteiger partial charge on any atom is -0.490 e. The van der Waals surface area contributed by atoms with Crippen molar-refractivity contribution in [3.63, 3.8) is 0 Å². The van der Waals surface area contributed by atoms with Gasteiger partial charge in [0, 0.05) is 0 Å². The normalized spacial score (nSPS) is 16.6. The Morgan fingerprint density at radius 2 is 1.97 bits per heavy atom. The molecule has 5 nitrogen and oxygen atoms in total. The lowest BCUT2D eigenvalue weighted by Crippen LogP contribution is -2.54. The first-order valence-electron chi connectivity index (χ1n) is 9.66. The fraction of sp³-hybridized carbons (Fsp3) is 0.261. The molecule has 3 rings (SSSR count). The van der Waals surface area contributed by atoms with E-state index in [0.717, 1.165) is 22.0 Å². The van der Waals surface area contributed by atoms with Crippen LogP contribution in [0.5, 0.6) is 5.75 Å². The van der Waals surface area contributed by atoms with Crippen LogP contribution in [0.4, 0.5) is 5.69 Å². The van der Waals surface area contributed by atoms with Crippen LogP contribution in [0, 0.1) is 13.8 Å². The monoisotopic (exact) mass is 486 g/mol. The number of hydrogen-bond acceptors (Lipinski definition) is 4. The Morgan fingerprint density at radius 3 is 2.63 bits per heavy atom. The topological polar surface area (TPSA) is 58.6 Å². The van der Waals surface area contributed by atoms with Crippen molar-refractivity contribution in [1.82, 2.24) is 5.32 Å². The molecule has 0 radical (unpaired) electrons. The van der Waals surface area contributed by atoms with Gasteiger partial charge < -0.3 is 4.74 Å². The molecule has 1 heterocycles. The molecule has 0 aliphatic carbocycles. The molecule has 1 fully saturated rings. The Balaban J connectivity index is 1.97. The predicted octanol–water partition coefficient (Wildman–Crippen LogP) is 5.07. The van der Waals surface area contributed by atoms with Gasteiger partial charge in [-0.1, -0.05) is 25.1 Å².